The number of carbonyl (C=O) groups excluding carboxylic acids is 4. The molecule has 0 saturated carbocycles. The van der Waals surface area contributed by atoms with E-state index in [1.54, 1.807) is 54.6 Å². The third-order valence-electron chi connectivity index (χ3n) is 6.99. The van der Waals surface area contributed by atoms with Gasteiger partial charge in [-0.1, -0.05) is 71.8 Å². The lowest BCUT2D eigenvalue weighted by atomic mass is 9.77. The maximum Gasteiger partial charge on any atom is 0.241 e. The van der Waals surface area contributed by atoms with Gasteiger partial charge in [-0.2, -0.15) is 0 Å². The molecule has 0 radical (unpaired) electrons. The molecule has 6 nitrogen and oxygen atoms in total. The summed E-state index contributed by atoms with van der Waals surface area (Å²) in [5, 5.41) is 0.358. The van der Waals surface area contributed by atoms with Gasteiger partial charge in [-0.3, -0.25) is 19.2 Å². The Balaban J connectivity index is 1.55. The van der Waals surface area contributed by atoms with Gasteiger partial charge in [0, 0.05) is 16.1 Å². The van der Waals surface area contributed by atoms with E-state index in [0.29, 0.717) is 16.3 Å². The van der Waals surface area contributed by atoms with Crippen molar-refractivity contribution in [1.29, 1.82) is 0 Å². The predicted molar refractivity (Wildman–Crippen MR) is 124 cm³/mol. The van der Waals surface area contributed by atoms with E-state index in [4.69, 9.17) is 16.3 Å². The average Bonchev–Trinajstić information content (AvgIpc) is 3.40. The van der Waals surface area contributed by atoms with Gasteiger partial charge in [0.1, 0.15) is 0 Å². The molecule has 1 spiro atoms. The molecule has 0 unspecified atom stereocenters. The summed E-state index contributed by atoms with van der Waals surface area (Å²) in [5.41, 5.74) is 0.259. The van der Waals surface area contributed by atoms with Crippen LogP contribution in [0, 0.1) is 18.8 Å². The third-order valence-corrected chi connectivity index (χ3v) is 7.23. The maximum atomic E-state index is 13.8. The normalized spacial score (nSPS) is 24.8. The van der Waals surface area contributed by atoms with Crippen LogP contribution in [0.1, 0.15) is 37.9 Å². The van der Waals surface area contributed by atoms with Crippen LogP contribution in [0.3, 0.4) is 0 Å². The molecule has 7 heteroatoms. The molecule has 0 bridgehead atoms. The largest absolute Gasteiger partial charge is 0.349 e. The Morgan fingerprint density at radius 2 is 1.47 bits per heavy atom. The minimum absolute atomic E-state index is 0.206. The Bertz CT molecular complexity index is 1380. The summed E-state index contributed by atoms with van der Waals surface area (Å²) in [4.78, 5) is 56.0. The van der Waals surface area contributed by atoms with Crippen LogP contribution in [0.2, 0.25) is 5.02 Å². The number of rotatable bonds is 2. The summed E-state index contributed by atoms with van der Waals surface area (Å²) in [5.74, 6) is -4.62. The molecule has 6 rings (SSSR count). The predicted octanol–water partition coefficient (Wildman–Crippen LogP) is 4.34. The highest BCUT2D eigenvalue weighted by atomic mass is 35.5. The highest BCUT2D eigenvalue weighted by molar-refractivity contribution is 6.37. The highest BCUT2D eigenvalue weighted by Crippen LogP contribution is 2.57. The molecule has 34 heavy (non-hydrogen) atoms. The fraction of sp³-hybridized carbons (Fsp3) is 0.185. The lowest BCUT2D eigenvalue weighted by molar-refractivity contribution is -0.127. The molecule has 3 aromatic carbocycles. The van der Waals surface area contributed by atoms with Crippen LogP contribution in [-0.4, -0.2) is 29.0 Å². The number of benzene rings is 3. The minimum Gasteiger partial charge on any atom is -0.349 e. The smallest absolute Gasteiger partial charge is 0.241 e. The van der Waals surface area contributed by atoms with Crippen LogP contribution in [-0.2, 0) is 14.3 Å². The van der Waals surface area contributed by atoms with Crippen LogP contribution in [0.15, 0.2) is 72.8 Å². The standard InChI is InChI=1S/C27H18ClNO5/c1-14-9-11-15(12-10-14)22-20-21(26(33)29(25(20)32)17-6-4-5-16(28)13-17)27(34-22)23(30)18-7-2-3-8-19(18)24(27)31/h2-13,20-22H,1H3/t20-,21-,22-/m1/s1. The van der Waals surface area contributed by atoms with E-state index >= 15 is 0 Å². The summed E-state index contributed by atoms with van der Waals surface area (Å²) in [6.45, 7) is 1.93. The van der Waals surface area contributed by atoms with Crippen molar-refractivity contribution >= 4 is 40.7 Å². The number of Topliss-reactive ketones (excluding diaryl/α,β-unsaturated/α-hetero) is 2. The maximum absolute atomic E-state index is 13.8. The molecular weight excluding hydrogens is 454 g/mol. The molecule has 0 N–H and O–H groups in total. The molecule has 0 aromatic heterocycles. The summed E-state index contributed by atoms with van der Waals surface area (Å²) >= 11 is 6.12. The molecule has 2 heterocycles. The van der Waals surface area contributed by atoms with Crippen LogP contribution in [0.25, 0.3) is 0 Å². The van der Waals surface area contributed by atoms with Crippen LogP contribution in [0.4, 0.5) is 5.69 Å². The molecule has 1 aliphatic carbocycles. The van der Waals surface area contributed by atoms with Gasteiger partial charge in [0.15, 0.2) is 0 Å². The number of hydrogen-bond donors (Lipinski definition) is 0. The quantitative estimate of drug-likeness (QED) is 0.410. The molecule has 2 saturated heterocycles. The molecule has 3 atom stereocenters. The first kappa shape index (κ1) is 21.0. The van der Waals surface area contributed by atoms with Crippen molar-refractivity contribution < 1.29 is 23.9 Å². The Hall–Kier alpha value is -3.61. The molecular formula is C27H18ClNO5. The summed E-state index contributed by atoms with van der Waals surface area (Å²) in [6.07, 6.45) is -0.937. The minimum atomic E-state index is -2.08. The number of ether oxygens (including phenoxy) is 1. The highest BCUT2D eigenvalue weighted by Gasteiger charge is 2.74. The number of nitrogens with zero attached hydrogens (tertiary/aromatic N) is 1. The first-order valence-electron chi connectivity index (χ1n) is 10.9. The van der Waals surface area contributed by atoms with E-state index in [0.717, 1.165) is 10.5 Å². The lowest BCUT2D eigenvalue weighted by Crippen LogP contribution is -2.51. The summed E-state index contributed by atoms with van der Waals surface area (Å²) in [7, 11) is 0. The monoisotopic (exact) mass is 471 g/mol. The van der Waals surface area contributed by atoms with Gasteiger partial charge in [-0.05, 0) is 30.7 Å². The van der Waals surface area contributed by atoms with Gasteiger partial charge >= 0.3 is 0 Å². The van der Waals surface area contributed by atoms with Crippen molar-refractivity contribution in [3.8, 4) is 0 Å². The van der Waals surface area contributed by atoms with Crippen molar-refractivity contribution in [3.05, 3.63) is 100 Å². The van der Waals surface area contributed by atoms with Gasteiger partial charge in [0.05, 0.1) is 23.6 Å². The topological polar surface area (TPSA) is 80.8 Å². The van der Waals surface area contributed by atoms with Crippen molar-refractivity contribution in [2.24, 2.45) is 11.8 Å². The zero-order valence-electron chi connectivity index (χ0n) is 18.0. The van der Waals surface area contributed by atoms with Crippen LogP contribution in [0.5, 0.6) is 0 Å². The van der Waals surface area contributed by atoms with E-state index in [1.807, 2.05) is 19.1 Å². The SMILES string of the molecule is Cc1ccc([C@H]2OC3(C(=O)c4ccccc4C3=O)[C@H]3C(=O)N(c4cccc(Cl)c4)C(=O)[C@@H]23)cc1. The number of aryl methyl sites for hydroxylation is 1. The second-order valence-electron chi connectivity index (χ2n) is 8.88. The Morgan fingerprint density at radius 1 is 0.824 bits per heavy atom. The zero-order valence-corrected chi connectivity index (χ0v) is 18.8. The zero-order chi connectivity index (χ0) is 23.8. The van der Waals surface area contributed by atoms with Crippen molar-refractivity contribution in [3.63, 3.8) is 0 Å². The number of ketones is 2. The first-order chi connectivity index (χ1) is 16.3. The summed E-state index contributed by atoms with van der Waals surface area (Å²) < 4.78 is 6.27. The number of hydrogen-bond acceptors (Lipinski definition) is 5. The van der Waals surface area contributed by atoms with Gasteiger partial charge in [-0.15, -0.1) is 0 Å². The van der Waals surface area contributed by atoms with E-state index in [1.165, 1.54) is 6.07 Å². The molecule has 168 valence electrons. The van der Waals surface area contributed by atoms with Gasteiger partial charge in [-0.25, -0.2) is 4.90 Å². The van der Waals surface area contributed by atoms with Crippen LogP contribution >= 0.6 is 11.6 Å². The molecule has 2 amide bonds. The van der Waals surface area contributed by atoms with Crippen molar-refractivity contribution in [2.75, 3.05) is 4.90 Å². The van der Waals surface area contributed by atoms with E-state index < -0.39 is 46.9 Å². The lowest BCUT2D eigenvalue weighted by Gasteiger charge is -2.27. The Morgan fingerprint density at radius 3 is 2.09 bits per heavy atom. The third kappa shape index (κ3) is 2.61. The van der Waals surface area contributed by atoms with Gasteiger partial charge < -0.3 is 4.74 Å². The molecule has 3 aromatic rings. The number of halogens is 1. The number of anilines is 1. The summed E-state index contributed by atoms with van der Waals surface area (Å²) in [6, 6.07) is 20.1. The number of amides is 2. The number of fused-ring (bicyclic) bond motifs is 3. The van der Waals surface area contributed by atoms with E-state index in [-0.39, 0.29) is 11.1 Å². The van der Waals surface area contributed by atoms with E-state index in [9.17, 15) is 19.2 Å². The fourth-order valence-electron chi connectivity index (χ4n) is 5.44. The van der Waals surface area contributed by atoms with Crippen LogP contribution < -0.4 is 4.90 Å². The van der Waals surface area contributed by atoms with Gasteiger partial charge in [0.25, 0.3) is 0 Å². The Labute approximate surface area is 200 Å². The fourth-order valence-corrected chi connectivity index (χ4v) is 5.63. The second kappa shape index (κ2) is 7.19. The van der Waals surface area contributed by atoms with Crippen molar-refractivity contribution in [2.45, 2.75) is 18.6 Å². The van der Waals surface area contributed by atoms with E-state index in [2.05, 4.69) is 0 Å². The Kier molecular flexibility index (Phi) is 4.43. The first-order valence-corrected chi connectivity index (χ1v) is 11.3. The number of carbonyl (C=O) groups is 4. The van der Waals surface area contributed by atoms with Crippen molar-refractivity contribution in [1.82, 2.24) is 0 Å². The number of imide groups is 1. The second-order valence-corrected chi connectivity index (χ2v) is 9.32. The molecule has 3 aliphatic rings. The molecule has 2 fully saturated rings. The average molecular weight is 472 g/mol. The van der Waals surface area contributed by atoms with Gasteiger partial charge in [0.2, 0.25) is 29.0 Å². The molecule has 2 aliphatic heterocycles.